The van der Waals surface area contributed by atoms with Crippen LogP contribution in [0.3, 0.4) is 0 Å². The lowest BCUT2D eigenvalue weighted by Crippen LogP contribution is -2.20. The van der Waals surface area contributed by atoms with Crippen LogP contribution >= 0.6 is 11.6 Å². The van der Waals surface area contributed by atoms with Crippen molar-refractivity contribution in [1.29, 1.82) is 0 Å². The van der Waals surface area contributed by atoms with Crippen molar-refractivity contribution in [2.24, 2.45) is 0 Å². The molecule has 1 aliphatic carbocycles. The molecular weight excluding hydrogens is 302 g/mol. The van der Waals surface area contributed by atoms with Crippen LogP contribution in [0.2, 0.25) is 0 Å². The van der Waals surface area contributed by atoms with Gasteiger partial charge in [-0.2, -0.15) is 0 Å². The molecule has 1 aromatic heterocycles. The summed E-state index contributed by atoms with van der Waals surface area (Å²) >= 11 is 5.73. The Morgan fingerprint density at radius 2 is 2.00 bits per heavy atom. The van der Waals surface area contributed by atoms with Gasteiger partial charge in [0.2, 0.25) is 5.43 Å². The Morgan fingerprint density at radius 1 is 1.32 bits per heavy atom. The van der Waals surface area contributed by atoms with Crippen LogP contribution in [0.1, 0.15) is 40.6 Å². The van der Waals surface area contributed by atoms with Gasteiger partial charge in [-0.3, -0.25) is 9.59 Å². The Morgan fingerprint density at radius 3 is 2.59 bits per heavy atom. The molecule has 114 valence electrons. The van der Waals surface area contributed by atoms with Crippen molar-refractivity contribution in [3.8, 4) is 5.75 Å². The zero-order chi connectivity index (χ0) is 15.7. The molecule has 0 radical (unpaired) electrons. The fourth-order valence-electron chi connectivity index (χ4n) is 2.58. The molecule has 1 heterocycles. The predicted molar refractivity (Wildman–Crippen MR) is 84.7 cm³/mol. The molecule has 0 amide bonds. The number of hydrogen-bond donors (Lipinski definition) is 0. The largest absolute Gasteiger partial charge is 0.483 e. The van der Waals surface area contributed by atoms with Crippen LogP contribution in [0.15, 0.2) is 41.2 Å². The third-order valence-electron chi connectivity index (χ3n) is 3.72. The van der Waals surface area contributed by atoms with E-state index in [1.165, 1.54) is 6.07 Å². The maximum atomic E-state index is 12.2. The van der Waals surface area contributed by atoms with Crippen LogP contribution in [0.25, 0.3) is 0 Å². The van der Waals surface area contributed by atoms with Crippen LogP contribution in [0.5, 0.6) is 5.75 Å². The average molecular weight is 318 g/mol. The molecule has 0 saturated heterocycles. The van der Waals surface area contributed by atoms with E-state index in [0.717, 1.165) is 24.1 Å². The summed E-state index contributed by atoms with van der Waals surface area (Å²) in [7, 11) is 0. The fraction of sp³-hybridized carbons (Fsp3) is 0.294. The van der Waals surface area contributed by atoms with Crippen LogP contribution in [-0.4, -0.2) is 9.81 Å². The highest BCUT2D eigenvalue weighted by molar-refractivity contribution is 6.67. The van der Waals surface area contributed by atoms with E-state index in [0.29, 0.717) is 0 Å². The molecule has 0 spiro atoms. The third-order valence-corrected chi connectivity index (χ3v) is 3.90. The molecule has 1 saturated carbocycles. The van der Waals surface area contributed by atoms with E-state index in [-0.39, 0.29) is 29.5 Å². The maximum Gasteiger partial charge on any atom is 0.272 e. The second-order valence-corrected chi connectivity index (χ2v) is 5.82. The van der Waals surface area contributed by atoms with Gasteiger partial charge in [0.25, 0.3) is 5.24 Å². The monoisotopic (exact) mass is 317 g/mol. The van der Waals surface area contributed by atoms with Gasteiger partial charge in [0.05, 0.1) is 0 Å². The minimum atomic E-state index is -0.657. The highest BCUT2D eigenvalue weighted by Gasteiger charge is 2.31. The van der Waals surface area contributed by atoms with Gasteiger partial charge in [-0.1, -0.05) is 30.3 Å². The summed E-state index contributed by atoms with van der Waals surface area (Å²) in [6.07, 6.45) is 1.97. The molecule has 2 aromatic rings. The Labute approximate surface area is 133 Å². The molecule has 4 nitrogen and oxygen atoms in total. The van der Waals surface area contributed by atoms with Gasteiger partial charge in [-0.15, -0.1) is 0 Å². The number of benzene rings is 1. The number of hydrogen-bond acceptors (Lipinski definition) is 3. The Kier molecular flexibility index (Phi) is 4.03. The van der Waals surface area contributed by atoms with Gasteiger partial charge in [0.15, 0.2) is 5.75 Å². The number of rotatable bonds is 5. The number of pyridine rings is 1. The summed E-state index contributed by atoms with van der Waals surface area (Å²) in [6.45, 7) is 2.03. The molecule has 1 aromatic carbocycles. The van der Waals surface area contributed by atoms with E-state index >= 15 is 0 Å². The Bertz CT molecular complexity index is 763. The van der Waals surface area contributed by atoms with Gasteiger partial charge in [-0.25, -0.2) is 0 Å². The van der Waals surface area contributed by atoms with E-state index < -0.39 is 5.24 Å². The molecule has 1 aliphatic rings. The first-order valence-electron chi connectivity index (χ1n) is 7.20. The lowest BCUT2D eigenvalue weighted by Gasteiger charge is -2.17. The first-order valence-corrected chi connectivity index (χ1v) is 7.58. The van der Waals surface area contributed by atoms with Crippen LogP contribution in [0.4, 0.5) is 0 Å². The molecular formula is C17H16ClNO3. The minimum Gasteiger partial charge on any atom is -0.483 e. The van der Waals surface area contributed by atoms with E-state index in [2.05, 4.69) is 0 Å². The van der Waals surface area contributed by atoms with Crippen LogP contribution in [0, 0.1) is 6.92 Å². The number of halogens is 1. The first kappa shape index (κ1) is 14.9. The van der Waals surface area contributed by atoms with Crippen molar-refractivity contribution in [2.45, 2.75) is 32.4 Å². The molecule has 0 N–H and O–H groups in total. The van der Waals surface area contributed by atoms with E-state index in [4.69, 9.17) is 16.3 Å². The third kappa shape index (κ3) is 2.92. The van der Waals surface area contributed by atoms with E-state index in [1.807, 2.05) is 41.8 Å². The minimum absolute atomic E-state index is 0.0429. The van der Waals surface area contributed by atoms with Crippen molar-refractivity contribution in [3.05, 3.63) is 63.6 Å². The smallest absolute Gasteiger partial charge is 0.272 e. The highest BCUT2D eigenvalue weighted by Crippen LogP contribution is 2.38. The fourth-order valence-corrected chi connectivity index (χ4v) is 2.76. The Hall–Kier alpha value is -2.07. The average Bonchev–Trinajstić information content (AvgIpc) is 3.31. The highest BCUT2D eigenvalue weighted by atomic mass is 35.5. The van der Waals surface area contributed by atoms with Crippen molar-refractivity contribution >= 4 is 16.8 Å². The first-order chi connectivity index (χ1) is 10.6. The lowest BCUT2D eigenvalue weighted by molar-refractivity contribution is 0.106. The zero-order valence-electron chi connectivity index (χ0n) is 12.2. The summed E-state index contributed by atoms with van der Waals surface area (Å²) in [6, 6.07) is 11.2. The van der Waals surface area contributed by atoms with E-state index in [9.17, 15) is 9.59 Å². The normalized spacial score (nSPS) is 13.9. The zero-order valence-corrected chi connectivity index (χ0v) is 13.0. The van der Waals surface area contributed by atoms with Crippen molar-refractivity contribution in [2.75, 3.05) is 0 Å². The quantitative estimate of drug-likeness (QED) is 0.794. The lowest BCUT2D eigenvalue weighted by atomic mass is 10.2. The summed E-state index contributed by atoms with van der Waals surface area (Å²) < 4.78 is 7.48. The molecule has 0 unspecified atom stereocenters. The van der Waals surface area contributed by atoms with E-state index in [1.54, 1.807) is 0 Å². The standard InChI is InChI=1S/C17H16ClNO3/c1-11-9-14(20)16(22-10-12-5-3-2-4-6-12)15(17(18)21)19(11)13-7-8-13/h2-6,9,13H,7-8,10H2,1H3. The van der Waals surface area contributed by atoms with Gasteiger partial charge < -0.3 is 9.30 Å². The predicted octanol–water partition coefficient (Wildman–Crippen LogP) is 3.45. The molecule has 22 heavy (non-hydrogen) atoms. The second-order valence-electron chi connectivity index (χ2n) is 5.48. The topological polar surface area (TPSA) is 48.3 Å². The van der Waals surface area contributed by atoms with Crippen molar-refractivity contribution < 1.29 is 9.53 Å². The molecule has 5 heteroatoms. The molecule has 1 fully saturated rings. The maximum absolute atomic E-state index is 12.2. The summed E-state index contributed by atoms with van der Waals surface area (Å²) in [4.78, 5) is 24.1. The van der Waals surface area contributed by atoms with Gasteiger partial charge in [-0.05, 0) is 36.9 Å². The summed E-state index contributed by atoms with van der Waals surface area (Å²) in [5.41, 5.74) is 1.52. The van der Waals surface area contributed by atoms with Crippen molar-refractivity contribution in [3.63, 3.8) is 0 Å². The summed E-state index contributed by atoms with van der Waals surface area (Å²) in [5.74, 6) is 0.0429. The molecule has 3 rings (SSSR count). The van der Waals surface area contributed by atoms with Crippen LogP contribution < -0.4 is 10.2 Å². The molecule has 0 atom stereocenters. The second kappa shape index (κ2) is 5.97. The van der Waals surface area contributed by atoms with Crippen LogP contribution in [-0.2, 0) is 6.61 Å². The number of carbonyl (C=O) groups is 1. The number of carbonyl (C=O) groups excluding carboxylic acids is 1. The number of aromatic nitrogens is 1. The number of aryl methyl sites for hydroxylation is 1. The summed E-state index contributed by atoms with van der Waals surface area (Å²) in [5, 5.41) is -0.657. The van der Waals surface area contributed by atoms with Gasteiger partial charge in [0.1, 0.15) is 12.3 Å². The van der Waals surface area contributed by atoms with Gasteiger partial charge in [0, 0.05) is 17.8 Å². The van der Waals surface area contributed by atoms with Crippen molar-refractivity contribution in [1.82, 2.24) is 4.57 Å². The van der Waals surface area contributed by atoms with Gasteiger partial charge >= 0.3 is 0 Å². The SMILES string of the molecule is Cc1cc(=O)c(OCc2ccccc2)c(C(=O)Cl)n1C1CC1. The number of ether oxygens (including phenoxy) is 1. The molecule has 0 bridgehead atoms. The Balaban J connectivity index is 2.00. The number of nitrogens with zero attached hydrogens (tertiary/aromatic N) is 1. The molecule has 0 aliphatic heterocycles.